The third-order valence-electron chi connectivity index (χ3n) is 4.55. The number of carbonyl (C=O) groups excluding carboxylic acids is 1. The van der Waals surface area contributed by atoms with Gasteiger partial charge in [-0.2, -0.15) is 16.9 Å². The van der Waals surface area contributed by atoms with Crippen LogP contribution in [0.5, 0.6) is 11.5 Å². The van der Waals surface area contributed by atoms with Gasteiger partial charge in [0.25, 0.3) is 5.91 Å². The summed E-state index contributed by atoms with van der Waals surface area (Å²) >= 11 is 1.68. The van der Waals surface area contributed by atoms with Crippen molar-refractivity contribution in [2.24, 2.45) is 0 Å². The Morgan fingerprint density at radius 2 is 2.12 bits per heavy atom. The van der Waals surface area contributed by atoms with Crippen LogP contribution >= 0.6 is 11.8 Å². The van der Waals surface area contributed by atoms with Gasteiger partial charge in [0.05, 0.1) is 32.6 Å². The zero-order valence-electron chi connectivity index (χ0n) is 15.1. The number of methoxy groups -OCH3 is 2. The Balaban J connectivity index is 1.84. The summed E-state index contributed by atoms with van der Waals surface area (Å²) in [5, 5.41) is 19.5. The summed E-state index contributed by atoms with van der Waals surface area (Å²) in [4.78, 5) is 12.6. The molecule has 0 unspecified atom stereocenters. The molecule has 0 spiro atoms. The highest BCUT2D eigenvalue weighted by Gasteiger charge is 2.29. The Labute approximate surface area is 156 Å². The SMILES string of the molecule is COc1cc2c(cc1OC)-c1n[nH]c(C(=O)N[C@H](CO)CCSC)c1C2. The largest absolute Gasteiger partial charge is 0.493 e. The fourth-order valence-electron chi connectivity index (χ4n) is 3.15. The van der Waals surface area contributed by atoms with Crippen molar-refractivity contribution < 1.29 is 19.4 Å². The maximum Gasteiger partial charge on any atom is 0.269 e. The van der Waals surface area contributed by atoms with Crippen molar-refractivity contribution in [1.29, 1.82) is 0 Å². The van der Waals surface area contributed by atoms with E-state index in [0.717, 1.165) is 28.1 Å². The third kappa shape index (κ3) is 3.39. The van der Waals surface area contributed by atoms with E-state index < -0.39 is 0 Å². The van der Waals surface area contributed by atoms with E-state index in [1.165, 1.54) is 0 Å². The van der Waals surface area contributed by atoms with Gasteiger partial charge in [0.1, 0.15) is 5.69 Å². The standard InChI is InChI=1S/C18H23N3O4S/c1-24-14-7-10-6-13-16(12(10)8-15(14)25-2)20-21-17(13)18(23)19-11(9-22)4-5-26-3/h7-8,11,22H,4-6,9H2,1-3H3,(H,19,23)(H,20,21)/t11-/m0/s1. The number of nitrogens with zero attached hydrogens (tertiary/aromatic N) is 1. The predicted octanol–water partition coefficient (Wildman–Crippen LogP) is 1.84. The Kier molecular flexibility index (Phi) is 5.73. The van der Waals surface area contributed by atoms with Gasteiger partial charge in [-0.25, -0.2) is 0 Å². The number of fused-ring (bicyclic) bond motifs is 3. The molecule has 0 saturated heterocycles. The molecule has 2 aromatic rings. The molecular formula is C18H23N3O4S. The van der Waals surface area contributed by atoms with Gasteiger partial charge in [-0.05, 0) is 36.1 Å². The van der Waals surface area contributed by atoms with Crippen LogP contribution < -0.4 is 14.8 Å². The van der Waals surface area contributed by atoms with E-state index in [-0.39, 0.29) is 18.6 Å². The number of rotatable bonds is 8. The van der Waals surface area contributed by atoms with Crippen molar-refractivity contribution >= 4 is 17.7 Å². The second-order valence-corrected chi connectivity index (χ2v) is 7.09. The van der Waals surface area contributed by atoms with Crippen LogP contribution in [0, 0.1) is 0 Å². The maximum atomic E-state index is 12.6. The summed E-state index contributed by atoms with van der Waals surface area (Å²) in [7, 11) is 3.19. The first-order valence-corrected chi connectivity index (χ1v) is 9.75. The number of thioether (sulfide) groups is 1. The Hall–Kier alpha value is -2.19. The molecule has 0 fully saturated rings. The summed E-state index contributed by atoms with van der Waals surface area (Å²) in [5.74, 6) is 1.91. The number of aliphatic hydroxyl groups is 1. The predicted molar refractivity (Wildman–Crippen MR) is 101 cm³/mol. The highest BCUT2D eigenvalue weighted by molar-refractivity contribution is 7.98. The van der Waals surface area contributed by atoms with Crippen molar-refractivity contribution in [1.82, 2.24) is 15.5 Å². The highest BCUT2D eigenvalue weighted by Crippen LogP contribution is 2.42. The number of hydrogen-bond acceptors (Lipinski definition) is 6. The van der Waals surface area contributed by atoms with Crippen molar-refractivity contribution in [3.8, 4) is 22.8 Å². The normalized spacial score (nSPS) is 13.1. The molecular weight excluding hydrogens is 354 g/mol. The zero-order valence-corrected chi connectivity index (χ0v) is 15.9. The van der Waals surface area contributed by atoms with E-state index in [9.17, 15) is 9.90 Å². The Morgan fingerprint density at radius 3 is 2.77 bits per heavy atom. The van der Waals surface area contributed by atoms with Crippen LogP contribution in [-0.2, 0) is 6.42 Å². The van der Waals surface area contributed by atoms with Crippen molar-refractivity contribution in [3.05, 3.63) is 29.0 Å². The molecule has 1 aromatic heterocycles. The number of H-pyrrole nitrogens is 1. The van der Waals surface area contributed by atoms with Crippen LogP contribution in [-0.4, -0.2) is 60.1 Å². The fraction of sp³-hybridized carbons (Fsp3) is 0.444. The van der Waals surface area contributed by atoms with Crippen molar-refractivity contribution in [2.45, 2.75) is 18.9 Å². The number of nitrogens with one attached hydrogen (secondary N) is 2. The molecule has 0 radical (unpaired) electrons. The van der Waals surface area contributed by atoms with Crippen LogP contribution in [0.25, 0.3) is 11.3 Å². The van der Waals surface area contributed by atoms with Gasteiger partial charge in [0.15, 0.2) is 11.5 Å². The first-order valence-electron chi connectivity index (χ1n) is 8.36. The lowest BCUT2D eigenvalue weighted by atomic mass is 10.1. The van der Waals surface area contributed by atoms with Gasteiger partial charge in [0.2, 0.25) is 0 Å². The number of aromatic amines is 1. The molecule has 7 nitrogen and oxygen atoms in total. The lowest BCUT2D eigenvalue weighted by Crippen LogP contribution is -2.38. The van der Waals surface area contributed by atoms with E-state index >= 15 is 0 Å². The number of carbonyl (C=O) groups is 1. The molecule has 1 atom stereocenters. The Bertz CT molecular complexity index is 806. The maximum absolute atomic E-state index is 12.6. The van der Waals surface area contributed by atoms with E-state index in [1.54, 1.807) is 26.0 Å². The van der Waals surface area contributed by atoms with E-state index in [4.69, 9.17) is 9.47 Å². The first kappa shape index (κ1) is 18.6. The molecule has 1 aliphatic rings. The second kappa shape index (κ2) is 8.01. The summed E-state index contributed by atoms with van der Waals surface area (Å²) in [6.45, 7) is -0.0861. The van der Waals surface area contributed by atoms with Crippen LogP contribution in [0.1, 0.15) is 28.0 Å². The molecule has 3 N–H and O–H groups in total. The van der Waals surface area contributed by atoms with E-state index in [1.807, 2.05) is 18.4 Å². The average Bonchev–Trinajstić information content (AvgIpc) is 3.22. The summed E-state index contributed by atoms with van der Waals surface area (Å²) in [6.07, 6.45) is 3.31. The fourth-order valence-corrected chi connectivity index (χ4v) is 3.67. The minimum absolute atomic E-state index is 0.0861. The average molecular weight is 377 g/mol. The molecule has 1 amide bonds. The highest BCUT2D eigenvalue weighted by atomic mass is 32.2. The second-order valence-electron chi connectivity index (χ2n) is 6.10. The number of aliphatic hydroxyl groups excluding tert-OH is 1. The topological polar surface area (TPSA) is 96.5 Å². The van der Waals surface area contributed by atoms with Crippen LogP contribution in [0.2, 0.25) is 0 Å². The van der Waals surface area contributed by atoms with Crippen LogP contribution in [0.15, 0.2) is 12.1 Å². The first-order chi connectivity index (χ1) is 12.6. The minimum atomic E-state index is -0.266. The monoisotopic (exact) mass is 377 g/mol. The van der Waals surface area contributed by atoms with E-state index in [0.29, 0.717) is 30.0 Å². The number of benzene rings is 1. The number of aromatic nitrogens is 2. The zero-order chi connectivity index (χ0) is 18.7. The number of amides is 1. The lowest BCUT2D eigenvalue weighted by Gasteiger charge is -2.15. The number of ether oxygens (including phenoxy) is 2. The molecule has 0 aliphatic heterocycles. The van der Waals surface area contributed by atoms with Gasteiger partial charge < -0.3 is 19.9 Å². The van der Waals surface area contributed by atoms with Crippen LogP contribution in [0.3, 0.4) is 0 Å². The quantitative estimate of drug-likeness (QED) is 0.554. The van der Waals surface area contributed by atoms with E-state index in [2.05, 4.69) is 15.5 Å². The lowest BCUT2D eigenvalue weighted by molar-refractivity contribution is 0.0909. The number of hydrogen-bond donors (Lipinski definition) is 3. The smallest absolute Gasteiger partial charge is 0.269 e. The molecule has 1 aromatic carbocycles. The minimum Gasteiger partial charge on any atom is -0.493 e. The summed E-state index contributed by atoms with van der Waals surface area (Å²) in [6, 6.07) is 3.54. The molecule has 1 heterocycles. The van der Waals surface area contributed by atoms with Gasteiger partial charge in [-0.3, -0.25) is 9.89 Å². The molecule has 26 heavy (non-hydrogen) atoms. The van der Waals surface area contributed by atoms with Gasteiger partial charge in [0, 0.05) is 17.5 Å². The van der Waals surface area contributed by atoms with Gasteiger partial charge >= 0.3 is 0 Å². The third-order valence-corrected chi connectivity index (χ3v) is 5.20. The molecule has 1 aliphatic carbocycles. The molecule has 8 heteroatoms. The van der Waals surface area contributed by atoms with Gasteiger partial charge in [-0.15, -0.1) is 0 Å². The molecule has 3 rings (SSSR count). The van der Waals surface area contributed by atoms with Gasteiger partial charge in [-0.1, -0.05) is 0 Å². The van der Waals surface area contributed by atoms with Crippen LogP contribution in [0.4, 0.5) is 0 Å². The summed E-state index contributed by atoms with van der Waals surface area (Å²) < 4.78 is 10.7. The Morgan fingerprint density at radius 1 is 1.38 bits per heavy atom. The molecule has 0 saturated carbocycles. The van der Waals surface area contributed by atoms with Crippen molar-refractivity contribution in [3.63, 3.8) is 0 Å². The van der Waals surface area contributed by atoms with Crippen molar-refractivity contribution in [2.75, 3.05) is 32.8 Å². The molecule has 140 valence electrons. The molecule has 0 bridgehead atoms. The summed E-state index contributed by atoms with van der Waals surface area (Å²) in [5.41, 5.74) is 4.04.